The Hall–Kier alpha value is -3.80. The number of anilines is 3. The van der Waals surface area contributed by atoms with E-state index in [0.29, 0.717) is 36.9 Å². The molecular formula is C25H32FN9O2. The van der Waals surface area contributed by atoms with Crippen molar-refractivity contribution in [3.63, 3.8) is 0 Å². The number of carbonyl (C=O) groups is 2. The second-order valence-electron chi connectivity index (χ2n) is 9.70. The van der Waals surface area contributed by atoms with Crippen LogP contribution in [-0.2, 0) is 4.79 Å². The van der Waals surface area contributed by atoms with E-state index < -0.39 is 11.7 Å². The standard InChI is InChI=1S/C25H32FN9O2/c26-18-13-28-11-9-19(18)33-25(37)21-14-29-24-20(30-15-3-4-15)12-22(34-35(21)24)31-16-5-7-17(8-6-16)32-23(36)2-1-10-27/h9,11-17,30H,1-8,10,27H2,(H,31,34)(H,32,36)(H,28,33,37). The van der Waals surface area contributed by atoms with Crippen molar-refractivity contribution in [2.45, 2.75) is 69.5 Å². The lowest BCUT2D eigenvalue weighted by Crippen LogP contribution is -2.40. The quantitative estimate of drug-likeness (QED) is 0.280. The zero-order valence-electron chi connectivity index (χ0n) is 20.5. The minimum Gasteiger partial charge on any atom is -0.379 e. The molecule has 0 bridgehead atoms. The number of halogens is 1. The van der Waals surface area contributed by atoms with Crippen molar-refractivity contribution in [2.24, 2.45) is 5.73 Å². The molecule has 196 valence electrons. The molecule has 2 amide bonds. The Bertz CT molecular complexity index is 1270. The van der Waals surface area contributed by atoms with Crippen LogP contribution < -0.4 is 27.0 Å². The number of pyridine rings is 1. The Morgan fingerprint density at radius 1 is 1.03 bits per heavy atom. The lowest BCUT2D eigenvalue weighted by Gasteiger charge is -2.30. The summed E-state index contributed by atoms with van der Waals surface area (Å²) in [4.78, 5) is 33.2. The van der Waals surface area contributed by atoms with Crippen LogP contribution in [0.1, 0.15) is 61.9 Å². The largest absolute Gasteiger partial charge is 0.379 e. The molecule has 3 aromatic rings. The van der Waals surface area contributed by atoms with Gasteiger partial charge >= 0.3 is 0 Å². The number of nitrogens with one attached hydrogen (secondary N) is 4. The maximum Gasteiger partial charge on any atom is 0.276 e. The van der Waals surface area contributed by atoms with E-state index in [1.807, 2.05) is 6.07 Å². The van der Waals surface area contributed by atoms with Crippen LogP contribution in [0.3, 0.4) is 0 Å². The van der Waals surface area contributed by atoms with Gasteiger partial charge in [0.15, 0.2) is 17.2 Å². The number of imidazole rings is 1. The third kappa shape index (κ3) is 6.13. The summed E-state index contributed by atoms with van der Waals surface area (Å²) < 4.78 is 15.5. The molecule has 11 nitrogen and oxygen atoms in total. The smallest absolute Gasteiger partial charge is 0.276 e. The molecular weight excluding hydrogens is 477 g/mol. The van der Waals surface area contributed by atoms with Gasteiger partial charge in [-0.05, 0) is 57.6 Å². The molecule has 37 heavy (non-hydrogen) atoms. The number of hydrogen-bond acceptors (Lipinski definition) is 8. The second kappa shape index (κ2) is 11.1. The Labute approximate surface area is 213 Å². The molecule has 0 spiro atoms. The molecule has 0 radical (unpaired) electrons. The predicted molar refractivity (Wildman–Crippen MR) is 138 cm³/mol. The van der Waals surface area contributed by atoms with Gasteiger partial charge in [-0.2, -0.15) is 0 Å². The van der Waals surface area contributed by atoms with Crippen LogP contribution >= 0.6 is 0 Å². The maximum atomic E-state index is 14.0. The van der Waals surface area contributed by atoms with Gasteiger partial charge in [0, 0.05) is 36.8 Å². The molecule has 2 fully saturated rings. The Morgan fingerprint density at radius 3 is 2.49 bits per heavy atom. The summed E-state index contributed by atoms with van der Waals surface area (Å²) in [6, 6.07) is 4.04. The van der Waals surface area contributed by atoms with Crippen molar-refractivity contribution >= 4 is 34.7 Å². The molecule has 2 saturated carbocycles. The second-order valence-corrected chi connectivity index (χ2v) is 9.70. The monoisotopic (exact) mass is 509 g/mol. The van der Waals surface area contributed by atoms with Gasteiger partial charge in [-0.3, -0.25) is 14.6 Å². The number of carbonyl (C=O) groups excluding carboxylic acids is 2. The van der Waals surface area contributed by atoms with Gasteiger partial charge in [0.2, 0.25) is 5.91 Å². The molecule has 6 N–H and O–H groups in total. The third-order valence-corrected chi connectivity index (χ3v) is 6.71. The van der Waals surface area contributed by atoms with Gasteiger partial charge in [-0.15, -0.1) is 5.10 Å². The van der Waals surface area contributed by atoms with E-state index in [2.05, 4.69) is 36.3 Å². The van der Waals surface area contributed by atoms with Crippen LogP contribution in [0.5, 0.6) is 0 Å². The number of amides is 2. The van der Waals surface area contributed by atoms with Crippen LogP contribution in [0.25, 0.3) is 5.65 Å². The molecule has 3 heterocycles. The van der Waals surface area contributed by atoms with Gasteiger partial charge in [0.1, 0.15) is 5.82 Å². The highest BCUT2D eigenvalue weighted by atomic mass is 19.1. The number of nitrogens with zero attached hydrogens (tertiary/aromatic N) is 4. The van der Waals surface area contributed by atoms with E-state index >= 15 is 0 Å². The average Bonchev–Trinajstić information content (AvgIpc) is 3.60. The van der Waals surface area contributed by atoms with Gasteiger partial charge in [-0.1, -0.05) is 0 Å². The molecule has 2 aliphatic carbocycles. The van der Waals surface area contributed by atoms with E-state index in [-0.39, 0.29) is 29.4 Å². The maximum absolute atomic E-state index is 14.0. The van der Waals surface area contributed by atoms with Gasteiger partial charge in [0.05, 0.1) is 23.8 Å². The average molecular weight is 510 g/mol. The molecule has 0 aliphatic heterocycles. The molecule has 0 aromatic carbocycles. The molecule has 0 unspecified atom stereocenters. The highest BCUT2D eigenvalue weighted by Gasteiger charge is 2.26. The fraction of sp³-hybridized carbons (Fsp3) is 0.480. The lowest BCUT2D eigenvalue weighted by atomic mass is 9.91. The fourth-order valence-corrected chi connectivity index (χ4v) is 4.56. The number of aromatic nitrogens is 4. The topological polar surface area (TPSA) is 151 Å². The Kier molecular flexibility index (Phi) is 7.45. The lowest BCUT2D eigenvalue weighted by molar-refractivity contribution is -0.122. The summed E-state index contributed by atoms with van der Waals surface area (Å²) >= 11 is 0. The zero-order chi connectivity index (χ0) is 25.8. The first-order valence-electron chi connectivity index (χ1n) is 12.8. The van der Waals surface area contributed by atoms with Crippen LogP contribution in [0.15, 0.2) is 30.7 Å². The van der Waals surface area contributed by atoms with E-state index in [0.717, 1.165) is 50.4 Å². The molecule has 2 aliphatic rings. The van der Waals surface area contributed by atoms with Crippen LogP contribution in [0.4, 0.5) is 21.6 Å². The number of fused-ring (bicyclic) bond motifs is 1. The van der Waals surface area contributed by atoms with Gasteiger partial charge in [-0.25, -0.2) is 13.9 Å². The van der Waals surface area contributed by atoms with Crippen molar-refractivity contribution in [3.05, 3.63) is 42.2 Å². The van der Waals surface area contributed by atoms with Crippen molar-refractivity contribution in [1.29, 1.82) is 0 Å². The predicted octanol–water partition coefficient (Wildman–Crippen LogP) is 2.67. The van der Waals surface area contributed by atoms with Crippen LogP contribution in [-0.4, -0.2) is 56.1 Å². The summed E-state index contributed by atoms with van der Waals surface area (Å²) in [6.45, 7) is 0.514. The van der Waals surface area contributed by atoms with E-state index in [1.54, 1.807) is 0 Å². The summed E-state index contributed by atoms with van der Waals surface area (Å²) in [5.41, 5.74) is 7.04. The SMILES string of the molecule is NCCCC(=O)NC1CCC(Nc2cc(NC3CC3)c3ncc(C(=O)Nc4ccncc4F)n3n2)CC1. The van der Waals surface area contributed by atoms with E-state index in [4.69, 9.17) is 5.73 Å². The summed E-state index contributed by atoms with van der Waals surface area (Å²) in [5.74, 6) is -0.469. The highest BCUT2D eigenvalue weighted by Crippen LogP contribution is 2.30. The van der Waals surface area contributed by atoms with Crippen molar-refractivity contribution < 1.29 is 14.0 Å². The van der Waals surface area contributed by atoms with E-state index in [1.165, 1.54) is 23.0 Å². The fourth-order valence-electron chi connectivity index (χ4n) is 4.56. The summed E-state index contributed by atoms with van der Waals surface area (Å²) in [6.07, 6.45) is 10.7. The number of rotatable bonds is 10. The molecule has 0 saturated heterocycles. The van der Waals surface area contributed by atoms with Gasteiger partial charge < -0.3 is 27.0 Å². The minimum atomic E-state index is -0.623. The summed E-state index contributed by atoms with van der Waals surface area (Å²) in [5, 5.41) is 17.3. The van der Waals surface area contributed by atoms with Crippen LogP contribution in [0, 0.1) is 5.82 Å². The summed E-state index contributed by atoms with van der Waals surface area (Å²) in [7, 11) is 0. The van der Waals surface area contributed by atoms with Crippen LogP contribution in [0.2, 0.25) is 0 Å². The zero-order valence-corrected chi connectivity index (χ0v) is 20.5. The highest BCUT2D eigenvalue weighted by molar-refractivity contribution is 6.03. The van der Waals surface area contributed by atoms with Crippen molar-refractivity contribution in [2.75, 3.05) is 22.5 Å². The first-order valence-corrected chi connectivity index (χ1v) is 12.8. The molecule has 12 heteroatoms. The third-order valence-electron chi connectivity index (χ3n) is 6.71. The molecule has 3 aromatic heterocycles. The van der Waals surface area contributed by atoms with Crippen molar-refractivity contribution in [3.8, 4) is 0 Å². The normalized spacial score (nSPS) is 19.4. The number of hydrogen-bond donors (Lipinski definition) is 5. The molecule has 0 atom stereocenters. The Balaban J connectivity index is 1.30. The molecule has 5 rings (SSSR count). The Morgan fingerprint density at radius 2 is 1.76 bits per heavy atom. The first kappa shape index (κ1) is 24.9. The van der Waals surface area contributed by atoms with E-state index in [9.17, 15) is 14.0 Å². The number of nitrogens with two attached hydrogens (primary N) is 1. The van der Waals surface area contributed by atoms with Gasteiger partial charge in [0.25, 0.3) is 5.91 Å². The minimum absolute atomic E-state index is 0.0347. The first-order chi connectivity index (χ1) is 18.0. The van der Waals surface area contributed by atoms with Crippen molar-refractivity contribution in [1.82, 2.24) is 24.9 Å².